The summed E-state index contributed by atoms with van der Waals surface area (Å²) in [5, 5.41) is 0. The molecule has 0 radical (unpaired) electrons. The highest BCUT2D eigenvalue weighted by Gasteiger charge is 2.05. The number of hydrogen-bond donors (Lipinski definition) is 0. The van der Waals surface area contributed by atoms with Crippen LogP contribution in [0.15, 0.2) is 36.4 Å². The minimum atomic E-state index is 0.159. The molecule has 1 rings (SSSR count). The lowest BCUT2D eigenvalue weighted by Crippen LogP contribution is -1.95. The molecule has 1 nitrogen and oxygen atoms in total. The highest BCUT2D eigenvalue weighted by molar-refractivity contribution is 6.19. The van der Waals surface area contributed by atoms with E-state index in [1.54, 1.807) is 6.92 Å². The third kappa shape index (κ3) is 4.99. The molecule has 0 bridgehead atoms. The van der Waals surface area contributed by atoms with E-state index in [1.165, 1.54) is 25.7 Å². The topological polar surface area (TPSA) is 17.1 Å². The van der Waals surface area contributed by atoms with E-state index < -0.39 is 0 Å². The molecule has 0 saturated carbocycles. The Morgan fingerprint density at radius 3 is 2.41 bits per heavy atom. The average molecular weight is 230 g/mol. The fourth-order valence-corrected chi connectivity index (χ4v) is 1.90. The van der Waals surface area contributed by atoms with Gasteiger partial charge in [0, 0.05) is 5.57 Å². The summed E-state index contributed by atoms with van der Waals surface area (Å²) in [6.07, 6.45) is 8.07. The number of benzene rings is 1. The summed E-state index contributed by atoms with van der Waals surface area (Å²) >= 11 is 0. The molecule has 0 aliphatic heterocycles. The normalized spacial score (nSPS) is 11.5. The van der Waals surface area contributed by atoms with Crippen LogP contribution in [-0.2, 0) is 4.79 Å². The first kappa shape index (κ1) is 13.7. The SMILES string of the molecule is CCCCCC/C=C(\C(C)=O)c1ccccc1. The molecular formula is C16H22O. The lowest BCUT2D eigenvalue weighted by Gasteiger charge is -2.04. The summed E-state index contributed by atoms with van der Waals surface area (Å²) in [6, 6.07) is 9.92. The van der Waals surface area contributed by atoms with Crippen molar-refractivity contribution in [1.29, 1.82) is 0 Å². The molecule has 17 heavy (non-hydrogen) atoms. The highest BCUT2D eigenvalue weighted by atomic mass is 16.1. The van der Waals surface area contributed by atoms with Gasteiger partial charge in [0.25, 0.3) is 0 Å². The van der Waals surface area contributed by atoms with Crippen LogP contribution in [0.3, 0.4) is 0 Å². The van der Waals surface area contributed by atoms with Crippen molar-refractivity contribution in [3.63, 3.8) is 0 Å². The Morgan fingerprint density at radius 2 is 1.82 bits per heavy atom. The predicted octanol–water partition coefficient (Wildman–Crippen LogP) is 4.63. The monoisotopic (exact) mass is 230 g/mol. The van der Waals surface area contributed by atoms with E-state index in [0.717, 1.165) is 17.6 Å². The van der Waals surface area contributed by atoms with Crippen molar-refractivity contribution in [3.8, 4) is 0 Å². The number of rotatable bonds is 7. The zero-order valence-corrected chi connectivity index (χ0v) is 10.9. The molecule has 0 fully saturated rings. The molecule has 0 saturated heterocycles. The minimum absolute atomic E-state index is 0.159. The van der Waals surface area contributed by atoms with Gasteiger partial charge >= 0.3 is 0 Å². The maximum absolute atomic E-state index is 11.6. The molecule has 0 atom stereocenters. The molecule has 1 heteroatoms. The summed E-state index contributed by atoms with van der Waals surface area (Å²) < 4.78 is 0. The second-order valence-electron chi connectivity index (χ2n) is 4.39. The summed E-state index contributed by atoms with van der Waals surface area (Å²) in [6.45, 7) is 3.85. The molecule has 0 aromatic heterocycles. The molecule has 0 aliphatic rings. The van der Waals surface area contributed by atoms with E-state index in [1.807, 2.05) is 30.3 Å². The number of carbonyl (C=O) groups is 1. The largest absolute Gasteiger partial charge is 0.295 e. The molecule has 0 unspecified atom stereocenters. The molecule has 0 spiro atoms. The Hall–Kier alpha value is -1.37. The van der Waals surface area contributed by atoms with Gasteiger partial charge in [0.2, 0.25) is 0 Å². The van der Waals surface area contributed by atoms with Crippen molar-refractivity contribution >= 4 is 11.4 Å². The Kier molecular flexibility index (Phi) is 6.31. The third-order valence-electron chi connectivity index (χ3n) is 2.87. The van der Waals surface area contributed by atoms with Gasteiger partial charge in [-0.05, 0) is 25.3 Å². The molecule has 1 aromatic carbocycles. The van der Waals surface area contributed by atoms with Crippen molar-refractivity contribution in [3.05, 3.63) is 42.0 Å². The summed E-state index contributed by atoms with van der Waals surface area (Å²) in [7, 11) is 0. The number of hydrogen-bond acceptors (Lipinski definition) is 1. The first-order valence-corrected chi connectivity index (χ1v) is 6.52. The van der Waals surface area contributed by atoms with Gasteiger partial charge < -0.3 is 0 Å². The van der Waals surface area contributed by atoms with Crippen LogP contribution in [0, 0.1) is 0 Å². The number of unbranched alkanes of at least 4 members (excludes halogenated alkanes) is 4. The smallest absolute Gasteiger partial charge is 0.160 e. The lowest BCUT2D eigenvalue weighted by molar-refractivity contribution is -0.111. The van der Waals surface area contributed by atoms with Gasteiger partial charge in [-0.3, -0.25) is 4.79 Å². The van der Waals surface area contributed by atoms with E-state index in [-0.39, 0.29) is 5.78 Å². The first-order valence-electron chi connectivity index (χ1n) is 6.52. The van der Waals surface area contributed by atoms with E-state index in [2.05, 4.69) is 13.0 Å². The van der Waals surface area contributed by atoms with Crippen LogP contribution in [0.5, 0.6) is 0 Å². The lowest BCUT2D eigenvalue weighted by atomic mass is 10.0. The van der Waals surface area contributed by atoms with Crippen molar-refractivity contribution in [1.82, 2.24) is 0 Å². The zero-order valence-electron chi connectivity index (χ0n) is 10.9. The minimum Gasteiger partial charge on any atom is -0.295 e. The fraction of sp³-hybridized carbons (Fsp3) is 0.438. The van der Waals surface area contributed by atoms with Crippen molar-refractivity contribution in [2.75, 3.05) is 0 Å². The molecule has 0 heterocycles. The van der Waals surface area contributed by atoms with Crippen LogP contribution in [0.25, 0.3) is 5.57 Å². The van der Waals surface area contributed by atoms with Gasteiger partial charge in [-0.2, -0.15) is 0 Å². The second kappa shape index (κ2) is 7.83. The van der Waals surface area contributed by atoms with Crippen molar-refractivity contribution < 1.29 is 4.79 Å². The third-order valence-corrected chi connectivity index (χ3v) is 2.87. The van der Waals surface area contributed by atoms with Gasteiger partial charge in [-0.15, -0.1) is 0 Å². The number of allylic oxidation sites excluding steroid dienone is 2. The van der Waals surface area contributed by atoms with E-state index >= 15 is 0 Å². The molecular weight excluding hydrogens is 208 g/mol. The van der Waals surface area contributed by atoms with Crippen molar-refractivity contribution in [2.24, 2.45) is 0 Å². The summed E-state index contributed by atoms with van der Waals surface area (Å²) in [5.74, 6) is 0.159. The van der Waals surface area contributed by atoms with Crippen molar-refractivity contribution in [2.45, 2.75) is 46.0 Å². The fourth-order valence-electron chi connectivity index (χ4n) is 1.90. The molecule has 0 N–H and O–H groups in total. The Labute approximate surface area is 105 Å². The van der Waals surface area contributed by atoms with Gasteiger partial charge in [-0.25, -0.2) is 0 Å². The number of Topliss-reactive ketones (excluding diaryl/α,β-unsaturated/α-hetero) is 1. The molecule has 1 aromatic rings. The van der Waals surface area contributed by atoms with E-state index in [4.69, 9.17) is 0 Å². The highest BCUT2D eigenvalue weighted by Crippen LogP contribution is 2.17. The quantitative estimate of drug-likeness (QED) is 0.493. The Morgan fingerprint density at radius 1 is 1.12 bits per heavy atom. The van der Waals surface area contributed by atoms with Crippen LogP contribution < -0.4 is 0 Å². The molecule has 92 valence electrons. The van der Waals surface area contributed by atoms with Gasteiger partial charge in [-0.1, -0.05) is 62.6 Å². The first-order chi connectivity index (χ1) is 8.25. The number of ketones is 1. The van der Waals surface area contributed by atoms with E-state index in [0.29, 0.717) is 0 Å². The maximum atomic E-state index is 11.6. The standard InChI is InChI=1S/C16H22O/c1-3-4-5-6-10-13-16(14(2)17)15-11-8-7-9-12-15/h7-9,11-13H,3-6,10H2,1-2H3/b16-13+. The molecule has 0 amide bonds. The Bertz CT molecular complexity index is 362. The van der Waals surface area contributed by atoms with Gasteiger partial charge in [0.05, 0.1) is 0 Å². The van der Waals surface area contributed by atoms with Crippen LogP contribution in [-0.4, -0.2) is 5.78 Å². The number of carbonyl (C=O) groups excluding carboxylic acids is 1. The van der Waals surface area contributed by atoms with Gasteiger partial charge in [0.1, 0.15) is 0 Å². The average Bonchev–Trinajstić information content (AvgIpc) is 2.34. The molecule has 0 aliphatic carbocycles. The Balaban J connectivity index is 2.61. The second-order valence-corrected chi connectivity index (χ2v) is 4.39. The predicted molar refractivity (Wildman–Crippen MR) is 73.9 cm³/mol. The summed E-state index contributed by atoms with van der Waals surface area (Å²) in [5.41, 5.74) is 1.90. The summed E-state index contributed by atoms with van der Waals surface area (Å²) in [4.78, 5) is 11.6. The van der Waals surface area contributed by atoms with Crippen LogP contribution >= 0.6 is 0 Å². The van der Waals surface area contributed by atoms with Crippen LogP contribution in [0.1, 0.15) is 51.5 Å². The van der Waals surface area contributed by atoms with Crippen LogP contribution in [0.4, 0.5) is 0 Å². The maximum Gasteiger partial charge on any atom is 0.160 e. The van der Waals surface area contributed by atoms with Gasteiger partial charge in [0.15, 0.2) is 5.78 Å². The zero-order chi connectivity index (χ0) is 12.5. The van der Waals surface area contributed by atoms with E-state index in [9.17, 15) is 4.79 Å². The van der Waals surface area contributed by atoms with Crippen LogP contribution in [0.2, 0.25) is 0 Å².